The van der Waals surface area contributed by atoms with E-state index in [-0.39, 0.29) is 10.6 Å². The number of benzene rings is 2. The standard InChI is InChI=1S/C18H14Cl2N2O2/c1-11-8-12(6-7-16(11)24-2)9-13(10-21)18(23)22-15-5-3-4-14(19)17(15)20/h3-9H,1-2H3,(H,22,23)/b13-9+. The van der Waals surface area contributed by atoms with Crippen molar-refractivity contribution in [2.75, 3.05) is 12.4 Å². The summed E-state index contributed by atoms with van der Waals surface area (Å²) < 4.78 is 5.19. The second-order valence-electron chi connectivity index (χ2n) is 4.95. The van der Waals surface area contributed by atoms with Gasteiger partial charge in [0.25, 0.3) is 5.91 Å². The third-order valence-corrected chi connectivity index (χ3v) is 4.11. The van der Waals surface area contributed by atoms with E-state index < -0.39 is 5.91 Å². The molecule has 0 heterocycles. The lowest BCUT2D eigenvalue weighted by Gasteiger charge is -2.08. The summed E-state index contributed by atoms with van der Waals surface area (Å²) in [4.78, 5) is 12.3. The predicted molar refractivity (Wildman–Crippen MR) is 96.4 cm³/mol. The fourth-order valence-corrected chi connectivity index (χ4v) is 2.44. The van der Waals surface area contributed by atoms with Crippen molar-refractivity contribution in [3.63, 3.8) is 0 Å². The Balaban J connectivity index is 2.27. The minimum atomic E-state index is -0.560. The first-order chi connectivity index (χ1) is 11.5. The number of methoxy groups -OCH3 is 1. The molecule has 0 bridgehead atoms. The molecule has 2 aromatic rings. The maximum atomic E-state index is 12.3. The number of carbonyl (C=O) groups excluding carboxylic acids is 1. The van der Waals surface area contributed by atoms with Crippen molar-refractivity contribution < 1.29 is 9.53 Å². The van der Waals surface area contributed by atoms with Crippen molar-refractivity contribution in [1.82, 2.24) is 0 Å². The third-order valence-electron chi connectivity index (χ3n) is 3.29. The van der Waals surface area contributed by atoms with Crippen molar-refractivity contribution >= 4 is 40.9 Å². The van der Waals surface area contributed by atoms with Crippen LogP contribution >= 0.6 is 23.2 Å². The number of nitriles is 1. The molecule has 1 N–H and O–H groups in total. The normalized spacial score (nSPS) is 10.9. The highest BCUT2D eigenvalue weighted by atomic mass is 35.5. The summed E-state index contributed by atoms with van der Waals surface area (Å²) in [6, 6.07) is 12.2. The van der Waals surface area contributed by atoms with Gasteiger partial charge < -0.3 is 10.1 Å². The largest absolute Gasteiger partial charge is 0.496 e. The summed E-state index contributed by atoms with van der Waals surface area (Å²) in [5.74, 6) is 0.177. The van der Waals surface area contributed by atoms with Gasteiger partial charge in [0.2, 0.25) is 0 Å². The second kappa shape index (κ2) is 7.87. The van der Waals surface area contributed by atoms with E-state index in [2.05, 4.69) is 5.32 Å². The monoisotopic (exact) mass is 360 g/mol. The maximum absolute atomic E-state index is 12.3. The van der Waals surface area contributed by atoms with Crippen LogP contribution in [0.4, 0.5) is 5.69 Å². The average molecular weight is 361 g/mol. The van der Waals surface area contributed by atoms with Crippen molar-refractivity contribution in [3.8, 4) is 11.8 Å². The Morgan fingerprint density at radius 1 is 1.29 bits per heavy atom. The molecule has 2 rings (SSSR count). The van der Waals surface area contributed by atoms with Crippen molar-refractivity contribution in [1.29, 1.82) is 5.26 Å². The van der Waals surface area contributed by atoms with Crippen molar-refractivity contribution in [3.05, 3.63) is 63.1 Å². The van der Waals surface area contributed by atoms with Crippen LogP contribution in [0.1, 0.15) is 11.1 Å². The molecule has 0 aromatic heterocycles. The van der Waals surface area contributed by atoms with Gasteiger partial charge >= 0.3 is 0 Å². The Morgan fingerprint density at radius 2 is 2.04 bits per heavy atom. The average Bonchev–Trinajstić information content (AvgIpc) is 2.57. The van der Waals surface area contributed by atoms with E-state index in [1.807, 2.05) is 19.1 Å². The number of ether oxygens (including phenoxy) is 1. The molecule has 0 spiro atoms. The highest BCUT2D eigenvalue weighted by molar-refractivity contribution is 6.44. The number of aryl methyl sites for hydroxylation is 1. The molecule has 2 aromatic carbocycles. The van der Waals surface area contributed by atoms with Gasteiger partial charge in [-0.3, -0.25) is 4.79 Å². The zero-order chi connectivity index (χ0) is 17.7. The van der Waals surface area contributed by atoms with Crippen LogP contribution in [0.3, 0.4) is 0 Å². The van der Waals surface area contributed by atoms with Crippen LogP contribution in [0.25, 0.3) is 6.08 Å². The number of rotatable bonds is 4. The second-order valence-corrected chi connectivity index (χ2v) is 5.74. The molecule has 24 heavy (non-hydrogen) atoms. The number of anilines is 1. The van der Waals surface area contributed by atoms with Gasteiger partial charge in [-0.15, -0.1) is 0 Å². The van der Waals surface area contributed by atoms with Crippen LogP contribution in [0.15, 0.2) is 42.0 Å². The van der Waals surface area contributed by atoms with Gasteiger partial charge in [0, 0.05) is 0 Å². The van der Waals surface area contributed by atoms with Crippen LogP contribution in [-0.4, -0.2) is 13.0 Å². The Hall–Kier alpha value is -2.48. The number of halogens is 2. The minimum Gasteiger partial charge on any atom is -0.496 e. The zero-order valence-corrected chi connectivity index (χ0v) is 14.6. The molecule has 4 nitrogen and oxygen atoms in total. The van der Waals surface area contributed by atoms with E-state index in [4.69, 9.17) is 27.9 Å². The fraction of sp³-hybridized carbons (Fsp3) is 0.111. The summed E-state index contributed by atoms with van der Waals surface area (Å²) in [5, 5.41) is 12.4. The van der Waals surface area contributed by atoms with Gasteiger partial charge in [0.1, 0.15) is 17.4 Å². The maximum Gasteiger partial charge on any atom is 0.266 e. The first-order valence-electron chi connectivity index (χ1n) is 6.98. The van der Waals surface area contributed by atoms with E-state index >= 15 is 0 Å². The number of nitrogens with zero attached hydrogens (tertiary/aromatic N) is 1. The molecule has 1 amide bonds. The van der Waals surface area contributed by atoms with E-state index in [1.54, 1.807) is 37.4 Å². The fourth-order valence-electron chi connectivity index (χ4n) is 2.10. The lowest BCUT2D eigenvalue weighted by atomic mass is 10.1. The van der Waals surface area contributed by atoms with Crippen molar-refractivity contribution in [2.24, 2.45) is 0 Å². The van der Waals surface area contributed by atoms with E-state index in [0.717, 1.165) is 16.9 Å². The Labute approximate surface area is 150 Å². The molecule has 0 aliphatic carbocycles. The molecule has 0 saturated heterocycles. The Morgan fingerprint density at radius 3 is 2.67 bits per heavy atom. The van der Waals surface area contributed by atoms with Gasteiger partial charge in [-0.05, 0) is 48.4 Å². The van der Waals surface area contributed by atoms with Crippen LogP contribution in [0.5, 0.6) is 5.75 Å². The van der Waals surface area contributed by atoms with Gasteiger partial charge in [-0.2, -0.15) is 5.26 Å². The summed E-state index contributed by atoms with van der Waals surface area (Å²) in [7, 11) is 1.58. The highest BCUT2D eigenvalue weighted by Gasteiger charge is 2.13. The molecule has 0 atom stereocenters. The highest BCUT2D eigenvalue weighted by Crippen LogP contribution is 2.30. The first-order valence-corrected chi connectivity index (χ1v) is 7.73. The Kier molecular flexibility index (Phi) is 5.86. The molecule has 122 valence electrons. The molecular weight excluding hydrogens is 347 g/mol. The zero-order valence-electron chi connectivity index (χ0n) is 13.1. The van der Waals surface area contributed by atoms with E-state index in [1.165, 1.54) is 6.08 Å². The molecule has 0 saturated carbocycles. The number of amides is 1. The SMILES string of the molecule is COc1ccc(/C=C(\C#N)C(=O)Nc2cccc(Cl)c2Cl)cc1C. The summed E-state index contributed by atoms with van der Waals surface area (Å²) in [6.07, 6.45) is 1.50. The van der Waals surface area contributed by atoms with E-state index in [0.29, 0.717) is 10.7 Å². The van der Waals surface area contributed by atoms with Crippen LogP contribution < -0.4 is 10.1 Å². The van der Waals surface area contributed by atoms with Gasteiger partial charge in [-0.25, -0.2) is 0 Å². The minimum absolute atomic E-state index is 0.0457. The molecule has 0 radical (unpaired) electrons. The summed E-state index contributed by atoms with van der Waals surface area (Å²) in [6.45, 7) is 1.88. The van der Waals surface area contributed by atoms with Gasteiger partial charge in [0.05, 0.1) is 22.8 Å². The van der Waals surface area contributed by atoms with Crippen LogP contribution in [-0.2, 0) is 4.79 Å². The van der Waals surface area contributed by atoms with Crippen molar-refractivity contribution in [2.45, 2.75) is 6.92 Å². The number of hydrogen-bond acceptors (Lipinski definition) is 3. The molecule has 0 fully saturated rings. The quantitative estimate of drug-likeness (QED) is 0.625. The number of carbonyl (C=O) groups is 1. The molecule has 6 heteroatoms. The predicted octanol–water partition coefficient (Wildman–Crippen LogP) is 4.86. The van der Waals surface area contributed by atoms with Gasteiger partial charge in [0.15, 0.2) is 0 Å². The summed E-state index contributed by atoms with van der Waals surface area (Å²) in [5.41, 5.74) is 1.93. The summed E-state index contributed by atoms with van der Waals surface area (Å²) >= 11 is 11.9. The lowest BCUT2D eigenvalue weighted by Crippen LogP contribution is -2.13. The third kappa shape index (κ3) is 4.08. The van der Waals surface area contributed by atoms with E-state index in [9.17, 15) is 10.1 Å². The topological polar surface area (TPSA) is 62.1 Å². The lowest BCUT2D eigenvalue weighted by molar-refractivity contribution is -0.112. The number of hydrogen-bond donors (Lipinski definition) is 1. The molecule has 0 aliphatic heterocycles. The molecule has 0 unspecified atom stereocenters. The van der Waals surface area contributed by atoms with Crippen LogP contribution in [0, 0.1) is 18.3 Å². The molecule has 0 aliphatic rings. The first kappa shape index (κ1) is 17.9. The molecular formula is C18H14Cl2N2O2. The van der Waals surface area contributed by atoms with Crippen LogP contribution in [0.2, 0.25) is 10.0 Å². The van der Waals surface area contributed by atoms with Gasteiger partial charge in [-0.1, -0.05) is 35.3 Å². The Bertz CT molecular complexity index is 855. The number of nitrogens with one attached hydrogen (secondary N) is 1. The smallest absolute Gasteiger partial charge is 0.266 e.